The maximum Gasteiger partial charge on any atom is 0.144 e. The Balaban J connectivity index is 0.764. The van der Waals surface area contributed by atoms with Gasteiger partial charge in [0, 0.05) is 71.3 Å². The van der Waals surface area contributed by atoms with Gasteiger partial charge in [0.15, 0.2) is 0 Å². The van der Waals surface area contributed by atoms with Crippen LogP contribution in [-0.4, -0.2) is 0 Å². The third-order valence-corrected chi connectivity index (χ3v) is 29.1. The minimum Gasteiger partial charge on any atom is -0.456 e. The van der Waals surface area contributed by atoms with E-state index >= 15 is 0 Å². The first kappa shape index (κ1) is 67.2. The second-order valence-electron chi connectivity index (χ2n) is 35.3. The van der Waals surface area contributed by atoms with E-state index in [0.717, 1.165) is 88.6 Å². The molecular weight excluding hydrogens is 1470 g/mol. The molecule has 1 spiro atoms. The molecule has 3 aromatic heterocycles. The summed E-state index contributed by atoms with van der Waals surface area (Å²) in [6.45, 7) is 9.87. The highest BCUT2D eigenvalue weighted by Crippen LogP contribution is 2.70. The SMILES string of the molecule is CC1(C)c2ccccc2-c2c1c1c(c3c2oc2ccccc23)-c2ccc(N(c3ccc4c(c3)C(c3ccccc3)(c3ccccc3)c3cc5c(cc3-4)C(c3ccccc3)(c3ccccc3)c3ccc4oc6ccccc6c4c3-5)c3ccc4c(c3)C3(c5ccccc5-c5ccccc53)c3cc(-c5ccccc5)c5oc6ccccc6c5c3-4)cc2C1(C)C. The molecule has 6 aliphatic carbocycles. The lowest BCUT2D eigenvalue weighted by atomic mass is 9.66. The summed E-state index contributed by atoms with van der Waals surface area (Å²) in [5.74, 6) is 0. The molecule has 0 aliphatic heterocycles. The largest absolute Gasteiger partial charge is 0.456 e. The molecule has 0 unspecified atom stereocenters. The lowest BCUT2D eigenvalue weighted by Crippen LogP contribution is -2.30. The Kier molecular flexibility index (Phi) is 13.2. The summed E-state index contributed by atoms with van der Waals surface area (Å²) in [7, 11) is 0. The first-order chi connectivity index (χ1) is 59.5. The molecule has 0 N–H and O–H groups in total. The Morgan fingerprint density at radius 1 is 0.207 bits per heavy atom. The monoisotopic (exact) mass is 1540 g/mol. The second-order valence-corrected chi connectivity index (χ2v) is 35.3. The van der Waals surface area contributed by atoms with Gasteiger partial charge in [-0.15, -0.1) is 0 Å². The fraction of sp³-hybridized carbons (Fsp3) is 0.0769. The van der Waals surface area contributed by atoms with Gasteiger partial charge in [-0.3, -0.25) is 0 Å². The van der Waals surface area contributed by atoms with Gasteiger partial charge in [-0.1, -0.05) is 331 Å². The van der Waals surface area contributed by atoms with E-state index in [2.05, 4.69) is 415 Å². The third-order valence-electron chi connectivity index (χ3n) is 29.1. The number of benzene rings is 18. The summed E-state index contributed by atoms with van der Waals surface area (Å²) in [5, 5.41) is 6.78. The summed E-state index contributed by atoms with van der Waals surface area (Å²) in [5.41, 5.74) is 42.1. The topological polar surface area (TPSA) is 42.7 Å². The van der Waals surface area contributed by atoms with E-state index in [4.69, 9.17) is 13.3 Å². The van der Waals surface area contributed by atoms with Crippen LogP contribution in [0.15, 0.2) is 395 Å². The van der Waals surface area contributed by atoms with Crippen LogP contribution in [-0.2, 0) is 27.1 Å². The Morgan fingerprint density at radius 3 is 1.16 bits per heavy atom. The Labute approximate surface area is 700 Å². The van der Waals surface area contributed by atoms with E-state index in [1.807, 2.05) is 0 Å². The zero-order chi connectivity index (χ0) is 79.7. The van der Waals surface area contributed by atoms with Crippen LogP contribution in [0.3, 0.4) is 0 Å². The maximum atomic E-state index is 7.29. The van der Waals surface area contributed by atoms with Crippen molar-refractivity contribution in [2.45, 2.75) is 54.8 Å². The van der Waals surface area contributed by atoms with Crippen molar-refractivity contribution in [3.05, 3.63) is 471 Å². The van der Waals surface area contributed by atoms with E-state index in [1.165, 1.54) is 161 Å². The van der Waals surface area contributed by atoms with E-state index in [0.29, 0.717) is 0 Å². The van der Waals surface area contributed by atoms with Gasteiger partial charge in [-0.25, -0.2) is 0 Å². The first-order valence-electron chi connectivity index (χ1n) is 42.5. The number of hydrogen-bond donors (Lipinski definition) is 0. The molecule has 566 valence electrons. The second kappa shape index (κ2) is 23.8. The maximum absolute atomic E-state index is 7.29. The molecule has 0 atom stereocenters. The number of fused-ring (bicyclic) bond motifs is 36. The number of furan rings is 3. The van der Waals surface area contributed by atoms with E-state index in [9.17, 15) is 0 Å². The molecule has 121 heavy (non-hydrogen) atoms. The van der Waals surface area contributed by atoms with Crippen LogP contribution in [0.4, 0.5) is 17.1 Å². The molecule has 0 saturated heterocycles. The normalized spacial score (nSPS) is 15.3. The minimum absolute atomic E-state index is 0.344. The van der Waals surface area contributed by atoms with Crippen LogP contribution >= 0.6 is 0 Å². The van der Waals surface area contributed by atoms with Crippen molar-refractivity contribution in [1.82, 2.24) is 0 Å². The van der Waals surface area contributed by atoms with Crippen LogP contribution in [0.25, 0.3) is 144 Å². The average Bonchev–Trinajstić information content (AvgIpc) is 1.51. The zero-order valence-electron chi connectivity index (χ0n) is 67.0. The highest BCUT2D eigenvalue weighted by atomic mass is 16.3. The van der Waals surface area contributed by atoms with Gasteiger partial charge in [-0.05, 0) is 235 Å². The van der Waals surface area contributed by atoms with Gasteiger partial charge in [0.25, 0.3) is 0 Å². The van der Waals surface area contributed by atoms with Gasteiger partial charge in [0.1, 0.15) is 33.5 Å². The number of anilines is 3. The Bertz CT molecular complexity index is 8010. The molecule has 4 nitrogen and oxygen atoms in total. The standard InChI is InChI=1S/C117H75NO3/c1-113(2)88-48-26-22-44-79(88)108-110(113)109-105(107-84-47-25-31-53-100(84)121-112(107)108)80-58-55-73(62-92(80)114(109,3)4)118(75-56-59-81-94(64-75)117(89-49-27-20-42-76(89)77-43-21-28-50-90(77)117)97-65-85(68-32-10-5-11-33-68)111-106(102(81)97)83-46-24-30-52-99(83)120-111)74-54-57-78-86-66-96-87(67-95(86)116(93(78)63-74,71-38-16-8-17-39-71)72-40-18-9-19-41-72)103-91(60-61-101-104(103)82-45-23-29-51-98(82)119-101)115(96,69-34-12-6-13-35-69)70-36-14-7-15-37-70/h5-67H,1-4H3. The quantitative estimate of drug-likeness (QED) is 0.152. The van der Waals surface area contributed by atoms with Gasteiger partial charge in [0.2, 0.25) is 0 Å². The highest BCUT2D eigenvalue weighted by molar-refractivity contribution is 6.23. The molecule has 3 heterocycles. The van der Waals surface area contributed by atoms with Crippen LogP contribution in [0.2, 0.25) is 0 Å². The van der Waals surface area contributed by atoms with Crippen LogP contribution in [0.1, 0.15) is 117 Å². The molecule has 4 heteroatoms. The molecule has 0 amide bonds. The predicted molar refractivity (Wildman–Crippen MR) is 494 cm³/mol. The van der Waals surface area contributed by atoms with Crippen LogP contribution in [0.5, 0.6) is 0 Å². The summed E-state index contributed by atoms with van der Waals surface area (Å²) < 4.78 is 21.5. The van der Waals surface area contributed by atoms with Gasteiger partial charge in [-0.2, -0.15) is 0 Å². The molecule has 0 bridgehead atoms. The zero-order valence-corrected chi connectivity index (χ0v) is 67.0. The van der Waals surface area contributed by atoms with Crippen LogP contribution < -0.4 is 4.90 Å². The van der Waals surface area contributed by atoms with Crippen molar-refractivity contribution in [2.24, 2.45) is 0 Å². The Hall–Kier alpha value is -14.8. The molecule has 27 rings (SSSR count). The van der Waals surface area contributed by atoms with Crippen molar-refractivity contribution in [2.75, 3.05) is 4.90 Å². The smallest absolute Gasteiger partial charge is 0.144 e. The molecule has 0 saturated carbocycles. The predicted octanol–water partition coefficient (Wildman–Crippen LogP) is 30.2. The lowest BCUT2D eigenvalue weighted by molar-refractivity contribution is 0.600. The fourth-order valence-electron chi connectivity index (χ4n) is 24.5. The molecule has 0 radical (unpaired) electrons. The van der Waals surface area contributed by atoms with E-state index in [-0.39, 0.29) is 5.41 Å². The minimum atomic E-state index is -0.873. The molecule has 0 fully saturated rings. The summed E-state index contributed by atoms with van der Waals surface area (Å²) >= 11 is 0. The van der Waals surface area contributed by atoms with Crippen molar-refractivity contribution in [3.63, 3.8) is 0 Å². The molecule has 6 aliphatic rings. The van der Waals surface area contributed by atoms with Crippen molar-refractivity contribution in [1.29, 1.82) is 0 Å². The Morgan fingerprint density at radius 2 is 0.579 bits per heavy atom. The first-order valence-corrected chi connectivity index (χ1v) is 42.5. The number of rotatable bonds is 8. The summed E-state index contributed by atoms with van der Waals surface area (Å²) in [6.07, 6.45) is 0. The van der Waals surface area contributed by atoms with E-state index < -0.39 is 21.7 Å². The van der Waals surface area contributed by atoms with E-state index in [1.54, 1.807) is 0 Å². The molecule has 18 aromatic carbocycles. The number of hydrogen-bond acceptors (Lipinski definition) is 4. The van der Waals surface area contributed by atoms with Gasteiger partial charge in [0.05, 0.1) is 16.2 Å². The fourth-order valence-corrected chi connectivity index (χ4v) is 24.5. The van der Waals surface area contributed by atoms with Crippen LogP contribution in [0, 0.1) is 0 Å². The van der Waals surface area contributed by atoms with Gasteiger partial charge >= 0.3 is 0 Å². The summed E-state index contributed by atoms with van der Waals surface area (Å²) in [4.78, 5) is 2.63. The number of nitrogens with zero attached hydrogens (tertiary/aromatic N) is 1. The molecular formula is C117H75NO3. The lowest BCUT2D eigenvalue weighted by Gasteiger charge is -2.36. The molecule has 21 aromatic rings. The third kappa shape index (κ3) is 8.30. The van der Waals surface area contributed by atoms with Gasteiger partial charge < -0.3 is 18.2 Å². The van der Waals surface area contributed by atoms with Crippen molar-refractivity contribution in [3.8, 4) is 77.9 Å². The summed E-state index contributed by atoms with van der Waals surface area (Å²) in [6, 6.07) is 145. The number of para-hydroxylation sites is 3. The highest BCUT2D eigenvalue weighted by Gasteiger charge is 2.56. The van der Waals surface area contributed by atoms with Crippen molar-refractivity contribution < 1.29 is 13.3 Å². The average molecular weight is 1540 g/mol. The van der Waals surface area contributed by atoms with Crippen molar-refractivity contribution >= 4 is 82.9 Å².